The molecule has 1 heterocycles. The van der Waals surface area contributed by atoms with E-state index >= 15 is 0 Å². The molecule has 0 aliphatic heterocycles. The molecule has 0 atom stereocenters. The van der Waals surface area contributed by atoms with Crippen LogP contribution in [-0.2, 0) is 4.79 Å². The number of para-hydroxylation sites is 1. The van der Waals surface area contributed by atoms with Gasteiger partial charge in [0.2, 0.25) is 5.91 Å². The molecule has 1 aromatic heterocycles. The SMILES string of the molecule is NC(=O)CSc1ccccc1NC(=O)n1ccnc1. The van der Waals surface area contributed by atoms with Gasteiger partial charge in [-0.2, -0.15) is 0 Å². The fourth-order valence-corrected chi connectivity index (χ4v) is 2.15. The number of amides is 2. The Hall–Kier alpha value is -2.28. The fourth-order valence-electron chi connectivity index (χ4n) is 1.40. The van der Waals surface area contributed by atoms with Gasteiger partial charge in [0.15, 0.2) is 0 Å². The average molecular weight is 276 g/mol. The summed E-state index contributed by atoms with van der Waals surface area (Å²) >= 11 is 1.28. The zero-order valence-electron chi connectivity index (χ0n) is 9.95. The maximum absolute atomic E-state index is 11.9. The Bertz CT molecular complexity index is 583. The van der Waals surface area contributed by atoms with Gasteiger partial charge in [0, 0.05) is 17.3 Å². The predicted octanol–water partition coefficient (Wildman–Crippen LogP) is 1.54. The number of benzene rings is 1. The third-order valence-electron chi connectivity index (χ3n) is 2.24. The molecule has 3 N–H and O–H groups in total. The van der Waals surface area contributed by atoms with E-state index in [0.717, 1.165) is 4.90 Å². The van der Waals surface area contributed by atoms with Gasteiger partial charge in [-0.05, 0) is 12.1 Å². The lowest BCUT2D eigenvalue weighted by atomic mass is 10.3. The molecule has 0 radical (unpaired) electrons. The second kappa shape index (κ2) is 6.05. The summed E-state index contributed by atoms with van der Waals surface area (Å²) in [5.74, 6) is -0.237. The Labute approximate surface area is 114 Å². The Balaban J connectivity index is 2.11. The lowest BCUT2D eigenvalue weighted by molar-refractivity contribution is -0.115. The van der Waals surface area contributed by atoms with E-state index in [4.69, 9.17) is 5.73 Å². The molecule has 0 saturated heterocycles. The number of hydrogen-bond donors (Lipinski definition) is 2. The zero-order chi connectivity index (χ0) is 13.7. The van der Waals surface area contributed by atoms with Crippen molar-refractivity contribution < 1.29 is 9.59 Å². The zero-order valence-corrected chi connectivity index (χ0v) is 10.8. The predicted molar refractivity (Wildman–Crippen MR) is 73.0 cm³/mol. The van der Waals surface area contributed by atoms with Crippen LogP contribution in [0, 0.1) is 0 Å². The molecular formula is C12H12N4O2S. The molecule has 0 fully saturated rings. The first kappa shape index (κ1) is 13.2. The highest BCUT2D eigenvalue weighted by Gasteiger charge is 2.08. The van der Waals surface area contributed by atoms with Gasteiger partial charge in [-0.25, -0.2) is 9.78 Å². The molecular weight excluding hydrogens is 264 g/mol. The Morgan fingerprint density at radius 1 is 1.37 bits per heavy atom. The van der Waals surface area contributed by atoms with Crippen LogP contribution < -0.4 is 11.1 Å². The molecule has 0 saturated carbocycles. The van der Waals surface area contributed by atoms with Crippen molar-refractivity contribution in [1.29, 1.82) is 0 Å². The van der Waals surface area contributed by atoms with E-state index in [1.807, 2.05) is 12.1 Å². The molecule has 19 heavy (non-hydrogen) atoms. The van der Waals surface area contributed by atoms with Crippen molar-refractivity contribution in [2.24, 2.45) is 5.73 Å². The van der Waals surface area contributed by atoms with Gasteiger partial charge in [0.25, 0.3) is 0 Å². The number of anilines is 1. The van der Waals surface area contributed by atoms with Gasteiger partial charge in [-0.15, -0.1) is 11.8 Å². The second-order valence-electron chi connectivity index (χ2n) is 3.65. The maximum atomic E-state index is 11.9. The normalized spacial score (nSPS) is 10.1. The molecule has 1 aromatic carbocycles. The number of imidazole rings is 1. The van der Waals surface area contributed by atoms with E-state index in [1.54, 1.807) is 18.3 Å². The molecule has 2 amide bonds. The molecule has 7 heteroatoms. The molecule has 0 aliphatic rings. The Morgan fingerprint density at radius 3 is 2.84 bits per heavy atom. The molecule has 0 unspecified atom stereocenters. The lowest BCUT2D eigenvalue weighted by Gasteiger charge is -2.09. The second-order valence-corrected chi connectivity index (χ2v) is 4.67. The number of primary amides is 1. The van der Waals surface area contributed by atoms with Crippen LogP contribution in [0.2, 0.25) is 0 Å². The number of carbonyl (C=O) groups excluding carboxylic acids is 2. The van der Waals surface area contributed by atoms with Crippen LogP contribution in [0.3, 0.4) is 0 Å². The van der Waals surface area contributed by atoms with E-state index in [9.17, 15) is 9.59 Å². The summed E-state index contributed by atoms with van der Waals surface area (Å²) < 4.78 is 1.33. The minimum Gasteiger partial charge on any atom is -0.369 e. The third kappa shape index (κ3) is 3.59. The standard InChI is InChI=1S/C12H12N4O2S/c13-11(17)7-19-10-4-2-1-3-9(10)15-12(18)16-6-5-14-8-16/h1-6,8H,7H2,(H2,13,17)(H,15,18). The molecule has 98 valence electrons. The summed E-state index contributed by atoms with van der Waals surface area (Å²) in [6, 6.07) is 6.90. The van der Waals surface area contributed by atoms with Crippen LogP contribution in [0.1, 0.15) is 0 Å². The van der Waals surface area contributed by atoms with E-state index < -0.39 is 5.91 Å². The minimum atomic E-state index is -0.402. The van der Waals surface area contributed by atoms with Crippen molar-refractivity contribution in [2.75, 3.05) is 11.1 Å². The first-order valence-corrected chi connectivity index (χ1v) is 6.45. The van der Waals surface area contributed by atoms with Crippen LogP contribution in [0.15, 0.2) is 47.9 Å². The molecule has 0 bridgehead atoms. The number of hydrogen-bond acceptors (Lipinski definition) is 4. The van der Waals surface area contributed by atoms with Crippen molar-refractivity contribution in [3.05, 3.63) is 43.0 Å². The van der Waals surface area contributed by atoms with Crippen LogP contribution in [0.4, 0.5) is 10.5 Å². The van der Waals surface area contributed by atoms with E-state index in [2.05, 4.69) is 10.3 Å². The maximum Gasteiger partial charge on any atom is 0.331 e. The van der Waals surface area contributed by atoms with Crippen LogP contribution in [0.5, 0.6) is 0 Å². The topological polar surface area (TPSA) is 90.0 Å². The summed E-state index contributed by atoms with van der Waals surface area (Å²) in [5, 5.41) is 2.75. The average Bonchev–Trinajstić information content (AvgIpc) is 2.91. The summed E-state index contributed by atoms with van der Waals surface area (Å²) in [4.78, 5) is 27.3. The van der Waals surface area contributed by atoms with Gasteiger partial charge < -0.3 is 11.1 Å². The van der Waals surface area contributed by atoms with Crippen molar-refractivity contribution in [3.63, 3.8) is 0 Å². The van der Waals surface area contributed by atoms with Crippen LogP contribution >= 0.6 is 11.8 Å². The van der Waals surface area contributed by atoms with Crippen molar-refractivity contribution >= 4 is 29.4 Å². The van der Waals surface area contributed by atoms with Crippen molar-refractivity contribution in [3.8, 4) is 0 Å². The van der Waals surface area contributed by atoms with Crippen molar-refractivity contribution in [2.45, 2.75) is 4.90 Å². The van der Waals surface area contributed by atoms with E-state index in [1.165, 1.54) is 28.9 Å². The van der Waals surface area contributed by atoms with Gasteiger partial charge in [0.1, 0.15) is 6.33 Å². The molecule has 0 spiro atoms. The fraction of sp³-hybridized carbons (Fsp3) is 0.0833. The van der Waals surface area contributed by atoms with E-state index in [-0.39, 0.29) is 11.8 Å². The van der Waals surface area contributed by atoms with Crippen molar-refractivity contribution in [1.82, 2.24) is 9.55 Å². The summed E-state index contributed by atoms with van der Waals surface area (Å²) in [7, 11) is 0. The number of rotatable bonds is 4. The molecule has 0 aliphatic carbocycles. The lowest BCUT2D eigenvalue weighted by Crippen LogP contribution is -2.18. The number of nitrogens with one attached hydrogen (secondary N) is 1. The molecule has 2 rings (SSSR count). The van der Waals surface area contributed by atoms with Gasteiger partial charge in [-0.1, -0.05) is 12.1 Å². The molecule has 6 nitrogen and oxygen atoms in total. The number of carbonyl (C=O) groups is 2. The number of aromatic nitrogens is 2. The number of nitrogens with zero attached hydrogens (tertiary/aromatic N) is 2. The number of thioether (sulfide) groups is 1. The smallest absolute Gasteiger partial charge is 0.331 e. The highest BCUT2D eigenvalue weighted by molar-refractivity contribution is 8.00. The first-order chi connectivity index (χ1) is 9.16. The molecule has 2 aromatic rings. The van der Waals surface area contributed by atoms with E-state index in [0.29, 0.717) is 5.69 Å². The Kier molecular flexibility index (Phi) is 4.19. The quantitative estimate of drug-likeness (QED) is 0.829. The summed E-state index contributed by atoms with van der Waals surface area (Å²) in [5.41, 5.74) is 5.74. The Morgan fingerprint density at radius 2 is 2.16 bits per heavy atom. The largest absolute Gasteiger partial charge is 0.369 e. The third-order valence-corrected chi connectivity index (χ3v) is 3.33. The first-order valence-electron chi connectivity index (χ1n) is 5.46. The highest BCUT2D eigenvalue weighted by atomic mass is 32.2. The van der Waals surface area contributed by atoms with Gasteiger partial charge in [0.05, 0.1) is 11.4 Å². The monoisotopic (exact) mass is 276 g/mol. The minimum absolute atomic E-state index is 0.165. The highest BCUT2D eigenvalue weighted by Crippen LogP contribution is 2.26. The van der Waals surface area contributed by atoms with Gasteiger partial charge >= 0.3 is 6.03 Å². The summed E-state index contributed by atoms with van der Waals surface area (Å²) in [6.45, 7) is 0. The summed E-state index contributed by atoms with van der Waals surface area (Å²) in [6.07, 6.45) is 4.48. The van der Waals surface area contributed by atoms with Gasteiger partial charge in [-0.3, -0.25) is 9.36 Å². The van der Waals surface area contributed by atoms with Crippen LogP contribution in [-0.4, -0.2) is 27.2 Å². The van der Waals surface area contributed by atoms with Crippen LogP contribution in [0.25, 0.3) is 0 Å². The number of nitrogens with two attached hydrogens (primary N) is 1.